The maximum atomic E-state index is 13.4. The fourth-order valence-corrected chi connectivity index (χ4v) is 3.28. The number of carbonyl (C=O) groups is 1. The second kappa shape index (κ2) is 7.93. The minimum atomic E-state index is -4.93. The molecule has 0 bridgehead atoms. The number of nitrogens with one attached hydrogen (secondary N) is 1. The number of aryl methyl sites for hydroxylation is 3. The first kappa shape index (κ1) is 21.5. The fourth-order valence-electron chi connectivity index (χ4n) is 3.28. The predicted molar refractivity (Wildman–Crippen MR) is 108 cm³/mol. The standard InChI is InChI=1S/C22H22F3N3O2/c1-12-7-5-6-8-16(12)11-26-20(29)15(4)28-18-10-14(3)13(2)9-17(18)27-19(21(28)30)22(23,24)25/h5-10,15H,11H2,1-4H3,(H,26,29)/t15-/m0/s1. The van der Waals surface area contributed by atoms with Gasteiger partial charge in [0.1, 0.15) is 6.04 Å². The van der Waals surface area contributed by atoms with Gasteiger partial charge in [-0.15, -0.1) is 0 Å². The van der Waals surface area contributed by atoms with Crippen molar-refractivity contribution in [2.45, 2.75) is 46.5 Å². The van der Waals surface area contributed by atoms with E-state index in [4.69, 9.17) is 0 Å². The molecule has 1 atom stereocenters. The van der Waals surface area contributed by atoms with Gasteiger partial charge in [-0.2, -0.15) is 13.2 Å². The van der Waals surface area contributed by atoms with Crippen LogP contribution in [0.25, 0.3) is 11.0 Å². The van der Waals surface area contributed by atoms with Crippen LogP contribution < -0.4 is 10.9 Å². The van der Waals surface area contributed by atoms with Gasteiger partial charge >= 0.3 is 6.18 Å². The minimum Gasteiger partial charge on any atom is -0.350 e. The van der Waals surface area contributed by atoms with Gasteiger partial charge in [0.05, 0.1) is 11.0 Å². The number of carbonyl (C=O) groups excluding carboxylic acids is 1. The van der Waals surface area contributed by atoms with E-state index in [1.807, 2.05) is 31.2 Å². The van der Waals surface area contributed by atoms with Crippen LogP contribution in [0.2, 0.25) is 0 Å². The average molecular weight is 417 g/mol. The summed E-state index contributed by atoms with van der Waals surface area (Å²) in [7, 11) is 0. The van der Waals surface area contributed by atoms with E-state index in [0.717, 1.165) is 26.8 Å². The van der Waals surface area contributed by atoms with Crippen molar-refractivity contribution in [2.75, 3.05) is 0 Å². The smallest absolute Gasteiger partial charge is 0.350 e. The Labute approximate surface area is 171 Å². The second-order valence-corrected chi connectivity index (χ2v) is 7.38. The number of benzene rings is 2. The first-order chi connectivity index (χ1) is 14.0. The maximum absolute atomic E-state index is 13.4. The third-order valence-corrected chi connectivity index (χ3v) is 5.25. The van der Waals surface area contributed by atoms with E-state index in [2.05, 4.69) is 10.3 Å². The topological polar surface area (TPSA) is 64.0 Å². The average Bonchev–Trinajstić information content (AvgIpc) is 2.67. The molecule has 1 amide bonds. The summed E-state index contributed by atoms with van der Waals surface area (Å²) in [5.41, 5.74) is 0.719. The lowest BCUT2D eigenvalue weighted by Gasteiger charge is -2.20. The molecule has 1 N–H and O–H groups in total. The van der Waals surface area contributed by atoms with E-state index in [1.165, 1.54) is 13.0 Å². The second-order valence-electron chi connectivity index (χ2n) is 7.38. The summed E-state index contributed by atoms with van der Waals surface area (Å²) in [6, 6.07) is 9.37. The van der Waals surface area contributed by atoms with Gasteiger partial charge in [0.2, 0.25) is 11.6 Å². The third-order valence-electron chi connectivity index (χ3n) is 5.25. The molecule has 0 aliphatic rings. The van der Waals surface area contributed by atoms with Crippen molar-refractivity contribution in [2.24, 2.45) is 0 Å². The van der Waals surface area contributed by atoms with Crippen LogP contribution >= 0.6 is 0 Å². The number of amides is 1. The fraction of sp³-hybridized carbons (Fsp3) is 0.318. The normalized spacial score (nSPS) is 12.8. The number of fused-ring (bicyclic) bond motifs is 1. The molecule has 0 saturated carbocycles. The van der Waals surface area contributed by atoms with Crippen molar-refractivity contribution in [1.82, 2.24) is 14.9 Å². The van der Waals surface area contributed by atoms with Crippen molar-refractivity contribution >= 4 is 16.9 Å². The molecule has 0 aliphatic carbocycles. The van der Waals surface area contributed by atoms with Crippen LogP contribution in [-0.2, 0) is 17.5 Å². The van der Waals surface area contributed by atoms with Crippen LogP contribution in [0, 0.1) is 20.8 Å². The van der Waals surface area contributed by atoms with Crippen LogP contribution in [0.3, 0.4) is 0 Å². The molecule has 30 heavy (non-hydrogen) atoms. The molecule has 5 nitrogen and oxygen atoms in total. The first-order valence-corrected chi connectivity index (χ1v) is 9.43. The van der Waals surface area contributed by atoms with Crippen LogP contribution in [0.1, 0.15) is 40.9 Å². The molecular weight excluding hydrogens is 395 g/mol. The molecule has 0 unspecified atom stereocenters. The molecule has 2 aromatic carbocycles. The predicted octanol–water partition coefficient (Wildman–Crippen LogP) is 4.22. The molecule has 0 fully saturated rings. The van der Waals surface area contributed by atoms with Gasteiger partial charge in [0.15, 0.2) is 0 Å². The van der Waals surface area contributed by atoms with Crippen molar-refractivity contribution < 1.29 is 18.0 Å². The Bertz CT molecular complexity index is 1180. The lowest BCUT2D eigenvalue weighted by molar-refractivity contribution is -0.142. The highest BCUT2D eigenvalue weighted by Crippen LogP contribution is 2.28. The van der Waals surface area contributed by atoms with E-state index in [1.54, 1.807) is 19.9 Å². The van der Waals surface area contributed by atoms with Crippen LogP contribution in [0.15, 0.2) is 41.2 Å². The molecule has 3 aromatic rings. The summed E-state index contributed by atoms with van der Waals surface area (Å²) in [4.78, 5) is 29.0. The Hall–Kier alpha value is -3.16. The van der Waals surface area contributed by atoms with Gasteiger partial charge in [0.25, 0.3) is 5.56 Å². The molecule has 1 aromatic heterocycles. The molecule has 0 saturated heterocycles. The molecule has 0 spiro atoms. The quantitative estimate of drug-likeness (QED) is 0.692. The molecule has 3 rings (SSSR count). The number of aromatic nitrogens is 2. The third kappa shape index (κ3) is 4.08. The van der Waals surface area contributed by atoms with E-state index >= 15 is 0 Å². The van der Waals surface area contributed by atoms with E-state index in [9.17, 15) is 22.8 Å². The van der Waals surface area contributed by atoms with Gasteiger partial charge in [-0.25, -0.2) is 4.98 Å². The van der Waals surface area contributed by atoms with Crippen molar-refractivity contribution in [1.29, 1.82) is 0 Å². The highest BCUT2D eigenvalue weighted by atomic mass is 19.4. The van der Waals surface area contributed by atoms with Crippen LogP contribution in [-0.4, -0.2) is 15.5 Å². The lowest BCUT2D eigenvalue weighted by Crippen LogP contribution is -2.39. The Morgan fingerprint density at radius 2 is 1.73 bits per heavy atom. The number of rotatable bonds is 4. The molecule has 158 valence electrons. The van der Waals surface area contributed by atoms with Gasteiger partial charge in [0, 0.05) is 6.54 Å². The summed E-state index contributed by atoms with van der Waals surface area (Å²) in [5.74, 6) is -0.556. The SMILES string of the molecule is Cc1cc2nc(C(F)(F)F)c(=O)n([C@@H](C)C(=O)NCc3ccccc3C)c2cc1C. The van der Waals surface area contributed by atoms with Gasteiger partial charge < -0.3 is 5.32 Å². The molecule has 8 heteroatoms. The summed E-state index contributed by atoms with van der Waals surface area (Å²) >= 11 is 0. The molecule has 0 aliphatic heterocycles. The van der Waals surface area contributed by atoms with Crippen LogP contribution in [0.4, 0.5) is 13.2 Å². The molecule has 1 heterocycles. The van der Waals surface area contributed by atoms with E-state index < -0.39 is 29.4 Å². The highest BCUT2D eigenvalue weighted by Gasteiger charge is 2.38. The monoisotopic (exact) mass is 417 g/mol. The first-order valence-electron chi connectivity index (χ1n) is 9.43. The van der Waals surface area contributed by atoms with Gasteiger partial charge in [-0.3, -0.25) is 14.2 Å². The highest BCUT2D eigenvalue weighted by molar-refractivity contribution is 5.84. The van der Waals surface area contributed by atoms with Gasteiger partial charge in [-0.05, 0) is 62.1 Å². The number of hydrogen-bond acceptors (Lipinski definition) is 3. The van der Waals surface area contributed by atoms with Gasteiger partial charge in [-0.1, -0.05) is 24.3 Å². The summed E-state index contributed by atoms with van der Waals surface area (Å²) < 4.78 is 41.2. The molecule has 0 radical (unpaired) electrons. The summed E-state index contributed by atoms with van der Waals surface area (Å²) in [6.07, 6.45) is -4.93. The number of alkyl halides is 3. The van der Waals surface area contributed by atoms with E-state index in [0.29, 0.717) is 0 Å². The largest absolute Gasteiger partial charge is 0.438 e. The maximum Gasteiger partial charge on any atom is 0.438 e. The number of halogens is 3. The van der Waals surface area contributed by atoms with Crippen LogP contribution in [0.5, 0.6) is 0 Å². The Kier molecular flexibility index (Phi) is 5.70. The Balaban J connectivity index is 2.07. The minimum absolute atomic E-state index is 0.0172. The Morgan fingerprint density at radius 3 is 2.37 bits per heavy atom. The lowest BCUT2D eigenvalue weighted by atomic mass is 10.1. The van der Waals surface area contributed by atoms with Crippen molar-refractivity contribution in [3.63, 3.8) is 0 Å². The zero-order valence-corrected chi connectivity index (χ0v) is 17.1. The van der Waals surface area contributed by atoms with E-state index in [-0.39, 0.29) is 17.6 Å². The number of nitrogens with zero attached hydrogens (tertiary/aromatic N) is 2. The number of hydrogen-bond donors (Lipinski definition) is 1. The zero-order chi connectivity index (χ0) is 22.2. The van der Waals surface area contributed by atoms with Crippen molar-refractivity contribution in [3.05, 3.63) is 74.7 Å². The van der Waals surface area contributed by atoms with Crippen molar-refractivity contribution in [3.8, 4) is 0 Å². The summed E-state index contributed by atoms with van der Waals surface area (Å²) in [6.45, 7) is 7.04. The Morgan fingerprint density at radius 1 is 1.10 bits per heavy atom. The molecular formula is C22H22F3N3O2. The summed E-state index contributed by atoms with van der Waals surface area (Å²) in [5, 5.41) is 2.71. The zero-order valence-electron chi connectivity index (χ0n) is 17.1.